The third-order valence-electron chi connectivity index (χ3n) is 3.23. The van der Waals surface area contributed by atoms with Gasteiger partial charge in [0.15, 0.2) is 0 Å². The summed E-state index contributed by atoms with van der Waals surface area (Å²) in [5.41, 5.74) is 3.52. The minimum atomic E-state index is 0.0678. The smallest absolute Gasteiger partial charge is 0.254 e. The number of hydrogen-bond acceptors (Lipinski definition) is 2. The first-order valence-electron chi connectivity index (χ1n) is 7.38. The van der Waals surface area contributed by atoms with Crippen LogP contribution in [0, 0.1) is 0 Å². The van der Waals surface area contributed by atoms with Crippen LogP contribution in [0.15, 0.2) is 24.3 Å². The summed E-state index contributed by atoms with van der Waals surface area (Å²) in [4.78, 5) is 14.1. The summed E-state index contributed by atoms with van der Waals surface area (Å²) in [6.07, 6.45) is 2.76. The fraction of sp³-hybridized carbons (Fsp3) is 0.562. The average Bonchev–Trinajstić information content (AvgIpc) is 2.43. The molecule has 0 aliphatic carbocycles. The van der Waals surface area contributed by atoms with Gasteiger partial charge in [-0.2, -0.15) is 5.54 Å². The molecule has 112 valence electrons. The first-order chi connectivity index (χ1) is 9.65. The molecule has 0 saturated carbocycles. The van der Waals surface area contributed by atoms with E-state index < -0.39 is 0 Å². The molecule has 1 unspecified atom stereocenters. The number of nitrogens with one attached hydrogen (secondary N) is 1. The van der Waals surface area contributed by atoms with Gasteiger partial charge in [-0.1, -0.05) is 38.5 Å². The zero-order chi connectivity index (χ0) is 15.0. The van der Waals surface area contributed by atoms with Gasteiger partial charge in [-0.05, 0) is 31.4 Å². The molecule has 0 saturated heterocycles. The molecule has 20 heavy (non-hydrogen) atoms. The highest BCUT2D eigenvalue weighted by Gasteiger charge is 2.28. The van der Waals surface area contributed by atoms with Crippen molar-refractivity contribution in [1.82, 2.24) is 10.4 Å². The summed E-state index contributed by atoms with van der Waals surface area (Å²) in [5.74, 6) is 0.0678. The minimum absolute atomic E-state index is 0.0678. The van der Waals surface area contributed by atoms with Gasteiger partial charge in [0.25, 0.3) is 5.91 Å². The van der Waals surface area contributed by atoms with Crippen LogP contribution in [0.1, 0.15) is 49.5 Å². The van der Waals surface area contributed by atoms with Crippen molar-refractivity contribution >= 4 is 5.91 Å². The largest absolute Gasteiger partial charge is 0.336 e. The van der Waals surface area contributed by atoms with Crippen LogP contribution in [-0.4, -0.2) is 29.9 Å². The number of hydrogen-bond donors (Lipinski definition) is 1. The Hall–Kier alpha value is -1.42. The third kappa shape index (κ3) is 4.30. The summed E-state index contributed by atoms with van der Waals surface area (Å²) < 4.78 is 11.8. The number of fused-ring (bicyclic) bond motifs is 1. The van der Waals surface area contributed by atoms with Gasteiger partial charge in [0.2, 0.25) is 0 Å². The summed E-state index contributed by atoms with van der Waals surface area (Å²) in [7, 11) is 0. The minimum Gasteiger partial charge on any atom is -0.336 e. The van der Waals surface area contributed by atoms with E-state index in [0.29, 0.717) is 13.0 Å². The maximum absolute atomic E-state index is 12.2. The summed E-state index contributed by atoms with van der Waals surface area (Å²) in [5, 5.41) is 0. The van der Waals surface area contributed by atoms with Gasteiger partial charge < -0.3 is 4.90 Å². The van der Waals surface area contributed by atoms with E-state index in [-0.39, 0.29) is 18.5 Å². The van der Waals surface area contributed by atoms with Gasteiger partial charge in [0.1, 0.15) is 0 Å². The molecule has 0 fully saturated rings. The number of carbonyl (C=O) groups is 1. The molecule has 0 aromatic heterocycles. The lowest BCUT2D eigenvalue weighted by Crippen LogP contribution is -2.44. The topological polar surface area (TPSA) is 32.3 Å². The number of nitrogens with zero attached hydrogens (tertiary/aromatic N) is 1. The standard InChI is InChI=1S/C13H17FN2O.C3H8/c1-10-9-11-5-2-3-6-12(11)13(17)16(10)8-4-7-15-14;1-3-2/h2-3,5-6,10,15H,4,7-9H2,1H3;3H2,1-2H3. The van der Waals surface area contributed by atoms with Crippen LogP contribution >= 0.6 is 0 Å². The Bertz CT molecular complexity index is 423. The van der Waals surface area contributed by atoms with Crippen molar-refractivity contribution in [2.24, 2.45) is 0 Å². The molecule has 1 heterocycles. The van der Waals surface area contributed by atoms with E-state index in [1.807, 2.05) is 36.1 Å². The van der Waals surface area contributed by atoms with Crippen LogP contribution in [0.5, 0.6) is 0 Å². The third-order valence-corrected chi connectivity index (χ3v) is 3.23. The van der Waals surface area contributed by atoms with Crippen LogP contribution in [0.4, 0.5) is 4.48 Å². The second kappa shape index (κ2) is 8.69. The van der Waals surface area contributed by atoms with Gasteiger partial charge in [-0.3, -0.25) is 4.79 Å². The number of amides is 1. The van der Waals surface area contributed by atoms with Crippen LogP contribution in [0.3, 0.4) is 0 Å². The zero-order valence-corrected chi connectivity index (χ0v) is 12.7. The Kier molecular flexibility index (Phi) is 7.23. The van der Waals surface area contributed by atoms with Gasteiger partial charge >= 0.3 is 0 Å². The second-order valence-electron chi connectivity index (χ2n) is 5.15. The monoisotopic (exact) mass is 280 g/mol. The molecule has 1 amide bonds. The second-order valence-corrected chi connectivity index (χ2v) is 5.15. The van der Waals surface area contributed by atoms with Gasteiger partial charge in [0, 0.05) is 24.7 Å². The molecule has 1 atom stereocenters. The lowest BCUT2D eigenvalue weighted by atomic mass is 9.94. The Morgan fingerprint density at radius 2 is 2.00 bits per heavy atom. The van der Waals surface area contributed by atoms with Crippen LogP contribution in [-0.2, 0) is 6.42 Å². The maximum atomic E-state index is 12.2. The Morgan fingerprint density at radius 1 is 1.35 bits per heavy atom. The highest BCUT2D eigenvalue weighted by Crippen LogP contribution is 2.22. The summed E-state index contributed by atoms with van der Waals surface area (Å²) in [6, 6.07) is 7.90. The molecule has 2 rings (SSSR count). The van der Waals surface area contributed by atoms with Crippen molar-refractivity contribution in [2.45, 2.75) is 46.1 Å². The van der Waals surface area contributed by atoms with Gasteiger partial charge in [-0.25, -0.2) is 0 Å². The lowest BCUT2D eigenvalue weighted by Gasteiger charge is -2.34. The number of benzene rings is 1. The normalized spacial score (nSPS) is 17.3. The first-order valence-corrected chi connectivity index (χ1v) is 7.38. The van der Waals surface area contributed by atoms with E-state index in [1.165, 1.54) is 6.42 Å². The predicted octanol–water partition coefficient (Wildman–Crippen LogP) is 3.35. The van der Waals surface area contributed by atoms with Crippen LogP contribution in [0.2, 0.25) is 0 Å². The molecule has 1 aliphatic rings. The van der Waals surface area contributed by atoms with E-state index in [1.54, 1.807) is 5.54 Å². The van der Waals surface area contributed by atoms with E-state index >= 15 is 0 Å². The van der Waals surface area contributed by atoms with E-state index in [2.05, 4.69) is 13.8 Å². The molecule has 0 spiro atoms. The summed E-state index contributed by atoms with van der Waals surface area (Å²) >= 11 is 0. The number of rotatable bonds is 4. The van der Waals surface area contributed by atoms with Crippen molar-refractivity contribution in [3.05, 3.63) is 35.4 Å². The Balaban J connectivity index is 0.000000612. The first kappa shape index (κ1) is 16.6. The van der Waals surface area contributed by atoms with Crippen LogP contribution < -0.4 is 5.54 Å². The fourth-order valence-corrected chi connectivity index (χ4v) is 2.33. The molecule has 1 aliphatic heterocycles. The quantitative estimate of drug-likeness (QED) is 0.677. The summed E-state index contributed by atoms with van der Waals surface area (Å²) in [6.45, 7) is 7.18. The predicted molar refractivity (Wildman–Crippen MR) is 80.3 cm³/mol. The Labute approximate surface area is 121 Å². The average molecular weight is 280 g/mol. The molecule has 1 N–H and O–H groups in total. The molecule has 1 aromatic carbocycles. The Morgan fingerprint density at radius 3 is 2.65 bits per heavy atom. The molecular formula is C16H25FN2O. The van der Waals surface area contributed by atoms with Crippen molar-refractivity contribution in [3.8, 4) is 0 Å². The molecule has 3 nitrogen and oxygen atoms in total. The highest BCUT2D eigenvalue weighted by atomic mass is 19.2. The van der Waals surface area contributed by atoms with Crippen LogP contribution in [0.25, 0.3) is 0 Å². The van der Waals surface area contributed by atoms with E-state index in [0.717, 1.165) is 17.5 Å². The molecule has 1 aromatic rings. The van der Waals surface area contributed by atoms with E-state index in [4.69, 9.17) is 0 Å². The van der Waals surface area contributed by atoms with Crippen molar-refractivity contribution in [3.63, 3.8) is 0 Å². The van der Waals surface area contributed by atoms with Gasteiger partial charge in [0.05, 0.1) is 0 Å². The molecule has 4 heteroatoms. The van der Waals surface area contributed by atoms with E-state index in [9.17, 15) is 9.28 Å². The number of halogens is 1. The maximum Gasteiger partial charge on any atom is 0.254 e. The molecule has 0 bridgehead atoms. The fourth-order valence-electron chi connectivity index (χ4n) is 2.33. The van der Waals surface area contributed by atoms with Crippen molar-refractivity contribution in [2.75, 3.05) is 13.1 Å². The zero-order valence-electron chi connectivity index (χ0n) is 12.7. The highest BCUT2D eigenvalue weighted by molar-refractivity contribution is 5.97. The number of carbonyl (C=O) groups excluding carboxylic acids is 1. The van der Waals surface area contributed by atoms with Crippen molar-refractivity contribution in [1.29, 1.82) is 0 Å². The SMILES string of the molecule is CC1Cc2ccccc2C(=O)N1CCCNF.CCC. The molecular weight excluding hydrogens is 255 g/mol. The molecule has 0 radical (unpaired) electrons. The van der Waals surface area contributed by atoms with Crippen molar-refractivity contribution < 1.29 is 9.28 Å². The van der Waals surface area contributed by atoms with Gasteiger partial charge in [-0.15, -0.1) is 4.48 Å². The lowest BCUT2D eigenvalue weighted by molar-refractivity contribution is 0.0661.